The lowest BCUT2D eigenvalue weighted by Gasteiger charge is -2.34. The van der Waals surface area contributed by atoms with Crippen LogP contribution in [-0.4, -0.2) is 48.6 Å². The number of hydrogen-bond donors (Lipinski definition) is 1. The smallest absolute Gasteiger partial charge is 0.245 e. The summed E-state index contributed by atoms with van der Waals surface area (Å²) >= 11 is 0. The molecule has 1 aliphatic rings. The Morgan fingerprint density at radius 1 is 1.38 bits per heavy atom. The number of rotatable bonds is 5. The van der Waals surface area contributed by atoms with Crippen molar-refractivity contribution in [1.29, 1.82) is 0 Å². The number of morpholine rings is 1. The standard InChI is InChI=1S/C17H22F2N2O3/c1-11(3-4-13-5-6-14(18)15(19)9-13)20-17(23)16-10-24-8-7-21(16)12(2)22/h5-6,9,11,16H,3-4,7-8,10H2,1-2H3,(H,20,23)/t11-,16+/m1/s1. The third-order valence-corrected chi connectivity index (χ3v) is 4.07. The summed E-state index contributed by atoms with van der Waals surface area (Å²) in [4.78, 5) is 25.4. The van der Waals surface area contributed by atoms with Crippen molar-refractivity contribution in [3.8, 4) is 0 Å². The molecule has 0 bridgehead atoms. The predicted molar refractivity (Wildman–Crippen MR) is 84.3 cm³/mol. The molecule has 7 heteroatoms. The number of carbonyl (C=O) groups is 2. The normalized spacial score (nSPS) is 19.0. The number of halogens is 2. The van der Waals surface area contributed by atoms with E-state index in [-0.39, 0.29) is 24.5 Å². The van der Waals surface area contributed by atoms with Gasteiger partial charge in [-0.15, -0.1) is 0 Å². The van der Waals surface area contributed by atoms with Crippen LogP contribution in [0.4, 0.5) is 8.78 Å². The van der Waals surface area contributed by atoms with Crippen LogP contribution in [0.25, 0.3) is 0 Å². The van der Waals surface area contributed by atoms with E-state index in [1.807, 2.05) is 6.92 Å². The summed E-state index contributed by atoms with van der Waals surface area (Å²) < 4.78 is 31.4. The second-order valence-corrected chi connectivity index (χ2v) is 6.00. The van der Waals surface area contributed by atoms with Gasteiger partial charge in [0.05, 0.1) is 13.2 Å². The van der Waals surface area contributed by atoms with Crippen LogP contribution in [0.5, 0.6) is 0 Å². The van der Waals surface area contributed by atoms with Gasteiger partial charge < -0.3 is 15.0 Å². The Morgan fingerprint density at radius 3 is 2.79 bits per heavy atom. The second kappa shape index (κ2) is 8.19. The molecule has 2 atom stereocenters. The molecule has 5 nitrogen and oxygen atoms in total. The number of amides is 2. The molecule has 1 fully saturated rings. The van der Waals surface area contributed by atoms with E-state index >= 15 is 0 Å². The summed E-state index contributed by atoms with van der Waals surface area (Å²) in [5, 5.41) is 2.85. The van der Waals surface area contributed by atoms with E-state index in [4.69, 9.17) is 4.74 Å². The molecular weight excluding hydrogens is 318 g/mol. The first-order chi connectivity index (χ1) is 11.4. The van der Waals surface area contributed by atoms with Gasteiger partial charge in [0.2, 0.25) is 11.8 Å². The van der Waals surface area contributed by atoms with Crippen molar-refractivity contribution in [3.05, 3.63) is 35.4 Å². The first kappa shape index (κ1) is 18.3. The van der Waals surface area contributed by atoms with Crippen molar-refractivity contribution >= 4 is 11.8 Å². The van der Waals surface area contributed by atoms with Crippen molar-refractivity contribution in [3.63, 3.8) is 0 Å². The first-order valence-corrected chi connectivity index (χ1v) is 7.97. The molecule has 1 aromatic rings. The summed E-state index contributed by atoms with van der Waals surface area (Å²) in [6.45, 7) is 4.27. The molecule has 0 aliphatic carbocycles. The van der Waals surface area contributed by atoms with Gasteiger partial charge in [0.15, 0.2) is 11.6 Å². The van der Waals surface area contributed by atoms with Gasteiger partial charge in [0.25, 0.3) is 0 Å². The largest absolute Gasteiger partial charge is 0.377 e. The molecule has 1 N–H and O–H groups in total. The fourth-order valence-electron chi connectivity index (χ4n) is 2.69. The van der Waals surface area contributed by atoms with Crippen LogP contribution >= 0.6 is 0 Å². The van der Waals surface area contributed by atoms with E-state index in [2.05, 4.69) is 5.32 Å². The lowest BCUT2D eigenvalue weighted by molar-refractivity contribution is -0.147. The average molecular weight is 340 g/mol. The molecule has 2 rings (SSSR count). The Balaban J connectivity index is 1.86. The summed E-state index contributed by atoms with van der Waals surface area (Å²) in [6, 6.07) is 3.00. The highest BCUT2D eigenvalue weighted by Gasteiger charge is 2.31. The van der Waals surface area contributed by atoms with Gasteiger partial charge in [-0.3, -0.25) is 9.59 Å². The molecule has 0 radical (unpaired) electrons. The Kier molecular flexibility index (Phi) is 6.25. The Morgan fingerprint density at radius 2 is 2.12 bits per heavy atom. The van der Waals surface area contributed by atoms with Gasteiger partial charge in [-0.2, -0.15) is 0 Å². The molecule has 1 aliphatic heterocycles. The van der Waals surface area contributed by atoms with Crippen LogP contribution < -0.4 is 5.32 Å². The number of hydrogen-bond acceptors (Lipinski definition) is 3. The Bertz CT molecular complexity index is 609. The van der Waals surface area contributed by atoms with E-state index in [1.54, 1.807) is 0 Å². The fraction of sp³-hybridized carbons (Fsp3) is 0.529. The van der Waals surface area contributed by atoms with E-state index in [9.17, 15) is 18.4 Å². The van der Waals surface area contributed by atoms with Crippen molar-refractivity contribution in [1.82, 2.24) is 10.2 Å². The maximum Gasteiger partial charge on any atom is 0.245 e. The molecule has 132 valence electrons. The van der Waals surface area contributed by atoms with Gasteiger partial charge in [0, 0.05) is 19.5 Å². The molecule has 24 heavy (non-hydrogen) atoms. The molecule has 1 saturated heterocycles. The SMILES string of the molecule is CC(=O)N1CCOC[C@H]1C(=O)N[C@H](C)CCc1ccc(F)c(F)c1. The minimum atomic E-state index is -0.874. The highest BCUT2D eigenvalue weighted by molar-refractivity contribution is 5.87. The summed E-state index contributed by atoms with van der Waals surface area (Å²) in [5.74, 6) is -2.17. The third-order valence-electron chi connectivity index (χ3n) is 4.07. The van der Waals surface area contributed by atoms with Gasteiger partial charge in [-0.05, 0) is 37.5 Å². The summed E-state index contributed by atoms with van der Waals surface area (Å²) in [6.07, 6.45) is 1.08. The molecule has 0 unspecified atom stereocenters. The number of nitrogens with zero attached hydrogens (tertiary/aromatic N) is 1. The molecular formula is C17H22F2N2O3. The lowest BCUT2D eigenvalue weighted by Crippen LogP contribution is -2.56. The van der Waals surface area contributed by atoms with Crippen LogP contribution in [0.3, 0.4) is 0 Å². The summed E-state index contributed by atoms with van der Waals surface area (Å²) in [5.41, 5.74) is 0.668. The third kappa shape index (κ3) is 4.74. The molecule has 0 saturated carbocycles. The average Bonchev–Trinajstić information content (AvgIpc) is 2.55. The minimum Gasteiger partial charge on any atom is -0.377 e. The molecule has 1 heterocycles. The zero-order chi connectivity index (χ0) is 17.7. The second-order valence-electron chi connectivity index (χ2n) is 6.00. The molecule has 2 amide bonds. The highest BCUT2D eigenvalue weighted by Crippen LogP contribution is 2.12. The monoisotopic (exact) mass is 340 g/mol. The Hall–Kier alpha value is -2.02. The van der Waals surface area contributed by atoms with Crippen LogP contribution in [0.2, 0.25) is 0 Å². The van der Waals surface area contributed by atoms with Gasteiger partial charge in [-0.25, -0.2) is 8.78 Å². The predicted octanol–water partition coefficient (Wildman–Crippen LogP) is 1.65. The molecule has 0 aromatic heterocycles. The van der Waals surface area contributed by atoms with Crippen LogP contribution in [0, 0.1) is 11.6 Å². The number of ether oxygens (including phenoxy) is 1. The summed E-state index contributed by atoms with van der Waals surface area (Å²) in [7, 11) is 0. The van der Waals surface area contributed by atoms with Crippen molar-refractivity contribution in [2.45, 2.75) is 38.8 Å². The maximum atomic E-state index is 13.2. The fourth-order valence-corrected chi connectivity index (χ4v) is 2.69. The van der Waals surface area contributed by atoms with E-state index in [0.29, 0.717) is 31.6 Å². The zero-order valence-corrected chi connectivity index (χ0v) is 13.9. The number of benzene rings is 1. The molecule has 0 spiro atoms. The number of aryl methyl sites for hydroxylation is 1. The first-order valence-electron chi connectivity index (χ1n) is 7.97. The number of nitrogens with one attached hydrogen (secondary N) is 1. The van der Waals surface area contributed by atoms with Crippen LogP contribution in [-0.2, 0) is 20.7 Å². The molecule has 1 aromatic carbocycles. The van der Waals surface area contributed by atoms with Gasteiger partial charge >= 0.3 is 0 Å². The van der Waals surface area contributed by atoms with E-state index in [1.165, 1.54) is 17.9 Å². The van der Waals surface area contributed by atoms with Crippen LogP contribution in [0.1, 0.15) is 25.8 Å². The zero-order valence-electron chi connectivity index (χ0n) is 13.9. The van der Waals surface area contributed by atoms with E-state index < -0.39 is 17.7 Å². The van der Waals surface area contributed by atoms with Crippen LogP contribution in [0.15, 0.2) is 18.2 Å². The maximum absolute atomic E-state index is 13.2. The van der Waals surface area contributed by atoms with Crippen molar-refractivity contribution < 1.29 is 23.1 Å². The van der Waals surface area contributed by atoms with Gasteiger partial charge in [0.1, 0.15) is 6.04 Å². The van der Waals surface area contributed by atoms with Gasteiger partial charge in [-0.1, -0.05) is 6.07 Å². The van der Waals surface area contributed by atoms with E-state index in [0.717, 1.165) is 12.1 Å². The minimum absolute atomic E-state index is 0.159. The number of carbonyl (C=O) groups excluding carboxylic acids is 2. The topological polar surface area (TPSA) is 58.6 Å². The van der Waals surface area contributed by atoms with Crippen molar-refractivity contribution in [2.24, 2.45) is 0 Å². The highest BCUT2D eigenvalue weighted by atomic mass is 19.2. The van der Waals surface area contributed by atoms with Crippen molar-refractivity contribution in [2.75, 3.05) is 19.8 Å². The quantitative estimate of drug-likeness (QED) is 0.887. The Labute approximate surface area is 140 Å². The lowest BCUT2D eigenvalue weighted by atomic mass is 10.1.